The minimum absolute atomic E-state index is 0.126. The number of carbonyl (C=O) groups excluding carboxylic acids is 3. The number of anilines is 1. The second kappa shape index (κ2) is 9.47. The first-order chi connectivity index (χ1) is 15.5. The van der Waals surface area contributed by atoms with E-state index in [0.717, 1.165) is 23.4 Å². The van der Waals surface area contributed by atoms with Gasteiger partial charge in [-0.2, -0.15) is 0 Å². The zero-order valence-corrected chi connectivity index (χ0v) is 17.8. The molecule has 0 saturated carbocycles. The van der Waals surface area contributed by atoms with E-state index < -0.39 is 5.92 Å². The van der Waals surface area contributed by atoms with Crippen LogP contribution in [0.2, 0.25) is 0 Å². The van der Waals surface area contributed by atoms with Crippen molar-refractivity contribution in [3.05, 3.63) is 66.2 Å². The van der Waals surface area contributed by atoms with Crippen molar-refractivity contribution in [1.29, 1.82) is 0 Å². The third-order valence-corrected chi connectivity index (χ3v) is 5.27. The summed E-state index contributed by atoms with van der Waals surface area (Å²) in [6.07, 6.45) is 1.03. The minimum Gasteiger partial charge on any atom is -0.355 e. The fourth-order valence-corrected chi connectivity index (χ4v) is 3.59. The van der Waals surface area contributed by atoms with E-state index in [1.165, 1.54) is 0 Å². The van der Waals surface area contributed by atoms with E-state index in [0.29, 0.717) is 24.5 Å². The summed E-state index contributed by atoms with van der Waals surface area (Å²) in [6, 6.07) is 18.6. The van der Waals surface area contributed by atoms with Gasteiger partial charge < -0.3 is 16.0 Å². The molecular formula is C24H25N5O3. The molecule has 1 saturated heterocycles. The van der Waals surface area contributed by atoms with Gasteiger partial charge in [0.15, 0.2) is 5.82 Å². The molecule has 0 radical (unpaired) electrons. The average molecular weight is 431 g/mol. The molecule has 1 aromatic heterocycles. The van der Waals surface area contributed by atoms with Crippen LogP contribution in [-0.2, 0) is 9.59 Å². The molecule has 0 bridgehead atoms. The van der Waals surface area contributed by atoms with Crippen LogP contribution in [0, 0.1) is 5.92 Å². The molecule has 8 nitrogen and oxygen atoms in total. The molecule has 0 spiro atoms. The summed E-state index contributed by atoms with van der Waals surface area (Å²) in [4.78, 5) is 36.5. The standard InChI is InChI=1S/C24H25N5O3/c1-2-11-25-23(31)17-8-6-7-16(12-17)20-14-21(27-24(32)18-13-22(30)26-15-18)28-29(20)19-9-4-3-5-10-19/h3-10,12,14,18H,2,11,13,15H2,1H3,(H,25,31)(H,26,30)(H,27,28,32)/t18-/m0/s1. The number of hydrogen-bond acceptors (Lipinski definition) is 4. The predicted octanol–water partition coefficient (Wildman–Crippen LogP) is 2.75. The summed E-state index contributed by atoms with van der Waals surface area (Å²) < 4.78 is 1.73. The SMILES string of the molecule is CCCNC(=O)c1cccc(-c2cc(NC(=O)[C@@H]3CNC(=O)C3)nn2-c2ccccc2)c1. The molecule has 164 valence electrons. The zero-order chi connectivity index (χ0) is 22.5. The lowest BCUT2D eigenvalue weighted by molar-refractivity contribution is -0.123. The Labute approximate surface area is 186 Å². The molecule has 3 aromatic rings. The molecule has 2 heterocycles. The summed E-state index contributed by atoms with van der Waals surface area (Å²) in [6.45, 7) is 2.94. The lowest BCUT2D eigenvalue weighted by atomic mass is 10.1. The van der Waals surface area contributed by atoms with E-state index >= 15 is 0 Å². The van der Waals surface area contributed by atoms with Crippen LogP contribution >= 0.6 is 0 Å². The van der Waals surface area contributed by atoms with Gasteiger partial charge in [-0.3, -0.25) is 14.4 Å². The van der Waals surface area contributed by atoms with Crippen molar-refractivity contribution < 1.29 is 14.4 Å². The predicted molar refractivity (Wildman–Crippen MR) is 121 cm³/mol. The second-order valence-corrected chi connectivity index (χ2v) is 7.69. The van der Waals surface area contributed by atoms with Gasteiger partial charge in [0, 0.05) is 36.7 Å². The topological polar surface area (TPSA) is 105 Å². The molecule has 8 heteroatoms. The summed E-state index contributed by atoms with van der Waals surface area (Å²) in [5.41, 5.74) is 2.90. The molecule has 4 rings (SSSR count). The van der Waals surface area contributed by atoms with Crippen LogP contribution in [0.3, 0.4) is 0 Å². The lowest BCUT2D eigenvalue weighted by Gasteiger charge is -2.09. The maximum Gasteiger partial charge on any atom is 0.251 e. The largest absolute Gasteiger partial charge is 0.355 e. The fourth-order valence-electron chi connectivity index (χ4n) is 3.59. The number of nitrogens with one attached hydrogen (secondary N) is 3. The number of hydrogen-bond donors (Lipinski definition) is 3. The Hall–Kier alpha value is -3.94. The first-order valence-electron chi connectivity index (χ1n) is 10.7. The van der Waals surface area contributed by atoms with E-state index in [-0.39, 0.29) is 24.1 Å². The maximum absolute atomic E-state index is 12.6. The molecule has 1 fully saturated rings. The minimum atomic E-state index is -0.418. The van der Waals surface area contributed by atoms with E-state index in [2.05, 4.69) is 21.0 Å². The number of rotatable bonds is 7. The third kappa shape index (κ3) is 4.69. The Morgan fingerprint density at radius 3 is 2.66 bits per heavy atom. The van der Waals surface area contributed by atoms with Gasteiger partial charge in [0.25, 0.3) is 5.91 Å². The van der Waals surface area contributed by atoms with Crippen molar-refractivity contribution in [3.63, 3.8) is 0 Å². The number of carbonyl (C=O) groups is 3. The van der Waals surface area contributed by atoms with Crippen LogP contribution in [0.5, 0.6) is 0 Å². The van der Waals surface area contributed by atoms with Gasteiger partial charge in [0.05, 0.1) is 17.3 Å². The highest BCUT2D eigenvalue weighted by atomic mass is 16.2. The molecule has 1 aliphatic rings. The Bertz CT molecular complexity index is 1140. The van der Waals surface area contributed by atoms with E-state index in [1.807, 2.05) is 55.5 Å². The molecule has 1 atom stereocenters. The zero-order valence-electron chi connectivity index (χ0n) is 17.8. The first kappa shape index (κ1) is 21.3. The van der Waals surface area contributed by atoms with E-state index in [9.17, 15) is 14.4 Å². The molecule has 32 heavy (non-hydrogen) atoms. The van der Waals surface area contributed by atoms with Crippen molar-refractivity contribution in [2.75, 3.05) is 18.4 Å². The van der Waals surface area contributed by atoms with Crippen molar-refractivity contribution >= 4 is 23.5 Å². The summed E-state index contributed by atoms with van der Waals surface area (Å²) in [7, 11) is 0. The summed E-state index contributed by atoms with van der Waals surface area (Å²) >= 11 is 0. The van der Waals surface area contributed by atoms with Gasteiger partial charge in [-0.1, -0.05) is 37.3 Å². The molecule has 2 aromatic carbocycles. The molecular weight excluding hydrogens is 406 g/mol. The number of benzene rings is 2. The average Bonchev–Trinajstić information content (AvgIpc) is 3.44. The van der Waals surface area contributed by atoms with Gasteiger partial charge in [-0.25, -0.2) is 4.68 Å². The Balaban J connectivity index is 1.67. The third-order valence-electron chi connectivity index (χ3n) is 5.27. The van der Waals surface area contributed by atoms with Gasteiger partial charge in [0.1, 0.15) is 0 Å². The summed E-state index contributed by atoms with van der Waals surface area (Å²) in [5, 5.41) is 13.0. The second-order valence-electron chi connectivity index (χ2n) is 7.69. The van der Waals surface area contributed by atoms with E-state index in [4.69, 9.17) is 0 Å². The van der Waals surface area contributed by atoms with Crippen LogP contribution in [-0.4, -0.2) is 40.6 Å². The molecule has 0 unspecified atom stereocenters. The Morgan fingerprint density at radius 1 is 1.12 bits per heavy atom. The molecule has 0 aliphatic carbocycles. The summed E-state index contributed by atoms with van der Waals surface area (Å²) in [5.74, 6) is -0.544. The highest BCUT2D eigenvalue weighted by Gasteiger charge is 2.28. The molecule has 1 aliphatic heterocycles. The fraction of sp³-hybridized carbons (Fsp3) is 0.250. The Kier molecular flexibility index (Phi) is 6.30. The monoisotopic (exact) mass is 431 g/mol. The smallest absolute Gasteiger partial charge is 0.251 e. The van der Waals surface area contributed by atoms with Gasteiger partial charge >= 0.3 is 0 Å². The van der Waals surface area contributed by atoms with Crippen LogP contribution in [0.1, 0.15) is 30.1 Å². The van der Waals surface area contributed by atoms with Gasteiger partial charge in [0.2, 0.25) is 11.8 Å². The van der Waals surface area contributed by atoms with Crippen LogP contribution in [0.15, 0.2) is 60.7 Å². The van der Waals surface area contributed by atoms with E-state index in [1.54, 1.807) is 16.8 Å². The van der Waals surface area contributed by atoms with Crippen LogP contribution in [0.4, 0.5) is 5.82 Å². The van der Waals surface area contributed by atoms with Crippen molar-refractivity contribution in [3.8, 4) is 16.9 Å². The molecule has 3 N–H and O–H groups in total. The number of aromatic nitrogens is 2. The van der Waals surface area contributed by atoms with Crippen molar-refractivity contribution in [2.45, 2.75) is 19.8 Å². The number of para-hydroxylation sites is 1. The van der Waals surface area contributed by atoms with Crippen LogP contribution < -0.4 is 16.0 Å². The van der Waals surface area contributed by atoms with Crippen molar-refractivity contribution in [1.82, 2.24) is 20.4 Å². The lowest BCUT2D eigenvalue weighted by Crippen LogP contribution is -2.24. The number of nitrogens with zero attached hydrogens (tertiary/aromatic N) is 2. The number of amides is 3. The maximum atomic E-state index is 12.6. The highest BCUT2D eigenvalue weighted by molar-refractivity contribution is 5.97. The quantitative estimate of drug-likeness (QED) is 0.535. The molecule has 3 amide bonds. The Morgan fingerprint density at radius 2 is 1.94 bits per heavy atom. The highest BCUT2D eigenvalue weighted by Crippen LogP contribution is 2.27. The normalized spacial score (nSPS) is 15.3. The van der Waals surface area contributed by atoms with Crippen molar-refractivity contribution in [2.24, 2.45) is 5.92 Å². The van der Waals surface area contributed by atoms with Gasteiger partial charge in [-0.15, -0.1) is 5.10 Å². The van der Waals surface area contributed by atoms with Crippen LogP contribution in [0.25, 0.3) is 16.9 Å². The first-order valence-corrected chi connectivity index (χ1v) is 10.7. The van der Waals surface area contributed by atoms with Gasteiger partial charge in [-0.05, 0) is 30.7 Å².